The minimum atomic E-state index is -1.58. The summed E-state index contributed by atoms with van der Waals surface area (Å²) in [6, 6.07) is 6.42. The highest BCUT2D eigenvalue weighted by Crippen LogP contribution is 2.05. The summed E-state index contributed by atoms with van der Waals surface area (Å²) in [6.07, 6.45) is 0. The molecule has 0 saturated carbocycles. The maximum atomic E-state index is 9.04. The van der Waals surface area contributed by atoms with Crippen LogP contribution in [-0.4, -0.2) is 22.3 Å². The largest absolute Gasteiger partial charge is 0.508 e. The third-order valence-electron chi connectivity index (χ3n) is 1.55. The van der Waals surface area contributed by atoms with Gasteiger partial charge in [-0.2, -0.15) is 0 Å². The average molecular weight is 164 g/mol. The van der Waals surface area contributed by atoms with Crippen molar-refractivity contribution >= 4 is 18.3 Å². The molecule has 62 valence electrons. The van der Waals surface area contributed by atoms with Gasteiger partial charge in [0.2, 0.25) is 0 Å². The third kappa shape index (κ3) is 1.67. The van der Waals surface area contributed by atoms with Gasteiger partial charge in [0, 0.05) is 5.56 Å². The molecule has 0 aromatic heterocycles. The van der Waals surface area contributed by atoms with Crippen LogP contribution in [-0.2, 0) is 0 Å². The van der Waals surface area contributed by atoms with Crippen LogP contribution in [0.1, 0.15) is 5.56 Å². The minimum absolute atomic E-state index is 0.168. The minimum Gasteiger partial charge on any atom is -0.508 e. The zero-order valence-electron chi connectivity index (χ0n) is 6.44. The molecule has 4 heteroatoms. The second-order valence-corrected chi connectivity index (χ2v) is 2.41. The molecule has 1 aromatic rings. The van der Waals surface area contributed by atoms with Crippen molar-refractivity contribution in [3.05, 3.63) is 36.4 Å². The Balaban J connectivity index is 3.17. The molecule has 1 aromatic carbocycles. The van der Waals surface area contributed by atoms with Crippen molar-refractivity contribution in [2.45, 2.75) is 0 Å². The van der Waals surface area contributed by atoms with Crippen LogP contribution in [0.3, 0.4) is 0 Å². The summed E-state index contributed by atoms with van der Waals surface area (Å²) in [6.45, 7) is 3.30. The van der Waals surface area contributed by atoms with Gasteiger partial charge in [-0.25, -0.2) is 0 Å². The molecule has 0 aliphatic heterocycles. The quantitative estimate of drug-likeness (QED) is 0.422. The standard InChI is InChI=1S/C8H9BO3/c1-6(10)7-4-2-3-5-8(7)9(11)12/h2-5,10-12H,1H2. The Morgan fingerprint density at radius 3 is 2.25 bits per heavy atom. The van der Waals surface area contributed by atoms with Crippen molar-refractivity contribution in [3.8, 4) is 0 Å². The smallest absolute Gasteiger partial charge is 0.489 e. The van der Waals surface area contributed by atoms with Gasteiger partial charge in [0.25, 0.3) is 0 Å². The summed E-state index contributed by atoms with van der Waals surface area (Å²) in [5, 5.41) is 26.8. The van der Waals surface area contributed by atoms with E-state index in [-0.39, 0.29) is 11.2 Å². The van der Waals surface area contributed by atoms with Crippen LogP contribution in [0.15, 0.2) is 30.8 Å². The van der Waals surface area contributed by atoms with Gasteiger partial charge >= 0.3 is 7.12 Å². The fourth-order valence-electron chi connectivity index (χ4n) is 0.985. The molecular weight excluding hydrogens is 155 g/mol. The molecule has 0 amide bonds. The summed E-state index contributed by atoms with van der Waals surface area (Å²) in [5.74, 6) is -0.168. The molecule has 0 bridgehead atoms. The first-order chi connectivity index (χ1) is 5.63. The maximum Gasteiger partial charge on any atom is 0.489 e. The molecule has 3 nitrogen and oxygen atoms in total. The van der Waals surface area contributed by atoms with Gasteiger partial charge in [0.05, 0.1) is 0 Å². The number of rotatable bonds is 2. The Kier molecular flexibility index (Phi) is 2.52. The van der Waals surface area contributed by atoms with Gasteiger partial charge in [-0.1, -0.05) is 30.8 Å². The van der Waals surface area contributed by atoms with Crippen molar-refractivity contribution in [2.75, 3.05) is 0 Å². The van der Waals surface area contributed by atoms with E-state index in [9.17, 15) is 0 Å². The summed E-state index contributed by atoms with van der Waals surface area (Å²) < 4.78 is 0. The Morgan fingerprint density at radius 2 is 1.83 bits per heavy atom. The fourth-order valence-corrected chi connectivity index (χ4v) is 0.985. The lowest BCUT2D eigenvalue weighted by atomic mass is 9.77. The van der Waals surface area contributed by atoms with E-state index in [1.54, 1.807) is 18.2 Å². The molecule has 0 radical (unpaired) electrons. The van der Waals surface area contributed by atoms with Crippen molar-refractivity contribution < 1.29 is 15.2 Å². The van der Waals surface area contributed by atoms with Gasteiger partial charge in [-0.3, -0.25) is 0 Å². The fraction of sp³-hybridized carbons (Fsp3) is 0. The number of hydrogen-bond acceptors (Lipinski definition) is 3. The zero-order chi connectivity index (χ0) is 9.14. The Hall–Kier alpha value is -1.26. The summed E-state index contributed by atoms with van der Waals surface area (Å²) in [5.41, 5.74) is 0.609. The lowest BCUT2D eigenvalue weighted by Gasteiger charge is -2.05. The molecule has 0 atom stereocenters. The van der Waals surface area contributed by atoms with Gasteiger partial charge in [0.1, 0.15) is 5.76 Å². The third-order valence-corrected chi connectivity index (χ3v) is 1.55. The van der Waals surface area contributed by atoms with E-state index >= 15 is 0 Å². The first-order valence-corrected chi connectivity index (χ1v) is 3.46. The van der Waals surface area contributed by atoms with Crippen molar-refractivity contribution in [1.29, 1.82) is 0 Å². The molecule has 12 heavy (non-hydrogen) atoms. The Morgan fingerprint density at radius 1 is 1.25 bits per heavy atom. The molecule has 0 saturated heterocycles. The van der Waals surface area contributed by atoms with Crippen LogP contribution in [0.25, 0.3) is 5.76 Å². The number of aliphatic hydroxyl groups excluding tert-OH is 1. The van der Waals surface area contributed by atoms with Crippen molar-refractivity contribution in [2.24, 2.45) is 0 Å². The highest BCUT2D eigenvalue weighted by atomic mass is 16.4. The normalized spacial score (nSPS) is 9.50. The first-order valence-electron chi connectivity index (χ1n) is 3.46. The van der Waals surface area contributed by atoms with E-state index < -0.39 is 7.12 Å². The van der Waals surface area contributed by atoms with Crippen LogP contribution in [0.5, 0.6) is 0 Å². The highest BCUT2D eigenvalue weighted by molar-refractivity contribution is 6.59. The Labute approximate surface area is 70.7 Å². The van der Waals surface area contributed by atoms with E-state index in [2.05, 4.69) is 6.58 Å². The van der Waals surface area contributed by atoms with E-state index in [0.29, 0.717) is 5.56 Å². The average Bonchev–Trinajstić information content (AvgIpc) is 2.04. The van der Waals surface area contributed by atoms with Gasteiger partial charge in [-0.05, 0) is 5.46 Å². The van der Waals surface area contributed by atoms with Gasteiger partial charge < -0.3 is 15.2 Å². The first kappa shape index (κ1) is 8.84. The molecule has 1 rings (SSSR count). The second-order valence-electron chi connectivity index (χ2n) is 2.41. The molecule has 0 heterocycles. The topological polar surface area (TPSA) is 60.7 Å². The lowest BCUT2D eigenvalue weighted by molar-refractivity contribution is 0.425. The molecule has 3 N–H and O–H groups in total. The van der Waals surface area contributed by atoms with E-state index in [0.717, 1.165) is 0 Å². The summed E-state index contributed by atoms with van der Waals surface area (Å²) >= 11 is 0. The predicted octanol–water partition coefficient (Wildman–Crippen LogP) is -0.105. The van der Waals surface area contributed by atoms with E-state index in [1.807, 2.05) is 0 Å². The van der Waals surface area contributed by atoms with Gasteiger partial charge in [-0.15, -0.1) is 0 Å². The molecule has 0 unspecified atom stereocenters. The molecule has 0 aliphatic carbocycles. The van der Waals surface area contributed by atoms with Crippen LogP contribution in [0.2, 0.25) is 0 Å². The summed E-state index contributed by atoms with van der Waals surface area (Å²) in [4.78, 5) is 0. The highest BCUT2D eigenvalue weighted by Gasteiger charge is 2.15. The Bertz CT molecular complexity index is 296. The SMILES string of the molecule is C=C(O)c1ccccc1B(O)O. The summed E-state index contributed by atoms with van der Waals surface area (Å²) in [7, 11) is -1.58. The molecular formula is C8H9BO3. The van der Waals surface area contributed by atoms with Crippen LogP contribution >= 0.6 is 0 Å². The van der Waals surface area contributed by atoms with Gasteiger partial charge in [0.15, 0.2) is 0 Å². The van der Waals surface area contributed by atoms with Crippen LogP contribution < -0.4 is 5.46 Å². The van der Waals surface area contributed by atoms with Crippen LogP contribution in [0, 0.1) is 0 Å². The second kappa shape index (κ2) is 3.43. The van der Waals surface area contributed by atoms with E-state index in [1.165, 1.54) is 6.07 Å². The zero-order valence-corrected chi connectivity index (χ0v) is 6.44. The number of aliphatic hydroxyl groups is 1. The predicted molar refractivity (Wildman–Crippen MR) is 47.9 cm³/mol. The maximum absolute atomic E-state index is 9.04. The number of benzene rings is 1. The molecule has 0 spiro atoms. The van der Waals surface area contributed by atoms with Crippen molar-refractivity contribution in [3.63, 3.8) is 0 Å². The lowest BCUT2D eigenvalue weighted by Crippen LogP contribution is -2.32. The number of hydrogen-bond donors (Lipinski definition) is 3. The molecule has 0 aliphatic rings. The molecule has 0 fully saturated rings. The van der Waals surface area contributed by atoms with Crippen molar-refractivity contribution in [1.82, 2.24) is 0 Å². The van der Waals surface area contributed by atoms with E-state index in [4.69, 9.17) is 15.2 Å². The van der Waals surface area contributed by atoms with Crippen LogP contribution in [0.4, 0.5) is 0 Å². The monoisotopic (exact) mass is 164 g/mol.